The number of nitrogens with one attached hydrogen (secondary N) is 1. The lowest BCUT2D eigenvalue weighted by Gasteiger charge is -2.30. The first-order valence-electron chi connectivity index (χ1n) is 8.63. The Morgan fingerprint density at radius 2 is 2.04 bits per heavy atom. The highest BCUT2D eigenvalue weighted by molar-refractivity contribution is 7.99. The van der Waals surface area contributed by atoms with Gasteiger partial charge in [0.15, 0.2) is 0 Å². The van der Waals surface area contributed by atoms with Crippen molar-refractivity contribution in [3.8, 4) is 0 Å². The van der Waals surface area contributed by atoms with Gasteiger partial charge in [-0.25, -0.2) is 22.3 Å². The van der Waals surface area contributed by atoms with Crippen LogP contribution in [0.4, 0.5) is 4.79 Å². The van der Waals surface area contributed by atoms with Crippen molar-refractivity contribution in [2.75, 3.05) is 30.9 Å². The number of nitrogens with zero attached hydrogens (tertiary/aromatic N) is 1. The standard InChI is InChI=1S/C16H30N2O6S2/c1-16(2,3)24-15(21)17-13(14(19)20)7-9-25-11-12-6-5-8-18(10-12)26(4,22)23/h12-13H,5-11H2,1-4H3,(H,17,21)(H,19,20). The number of rotatable bonds is 8. The Balaban J connectivity index is 2.37. The summed E-state index contributed by atoms with van der Waals surface area (Å²) in [5, 5.41) is 11.6. The van der Waals surface area contributed by atoms with Crippen LogP contribution in [0.5, 0.6) is 0 Å². The summed E-state index contributed by atoms with van der Waals surface area (Å²) in [6.07, 6.45) is 2.57. The Kier molecular flexibility index (Phi) is 8.68. The van der Waals surface area contributed by atoms with Crippen molar-refractivity contribution in [2.45, 2.75) is 51.7 Å². The van der Waals surface area contributed by atoms with Gasteiger partial charge in [0.1, 0.15) is 11.6 Å². The second-order valence-corrected chi connectivity index (χ2v) is 10.7. The molecule has 1 rings (SSSR count). The summed E-state index contributed by atoms with van der Waals surface area (Å²) >= 11 is 1.58. The zero-order valence-corrected chi connectivity index (χ0v) is 17.5. The van der Waals surface area contributed by atoms with Crippen molar-refractivity contribution < 1.29 is 27.9 Å². The molecule has 0 aliphatic carbocycles. The fraction of sp³-hybridized carbons (Fsp3) is 0.875. The Morgan fingerprint density at radius 1 is 1.38 bits per heavy atom. The summed E-state index contributed by atoms with van der Waals surface area (Å²) in [5.41, 5.74) is -0.686. The molecule has 2 unspecified atom stereocenters. The van der Waals surface area contributed by atoms with Gasteiger partial charge in [-0.15, -0.1) is 0 Å². The van der Waals surface area contributed by atoms with Crippen molar-refractivity contribution in [3.63, 3.8) is 0 Å². The molecule has 1 amide bonds. The number of carboxylic acids is 1. The van der Waals surface area contributed by atoms with Crippen molar-refractivity contribution in [3.05, 3.63) is 0 Å². The molecule has 0 aromatic rings. The maximum Gasteiger partial charge on any atom is 0.408 e. The number of amides is 1. The third-order valence-electron chi connectivity index (χ3n) is 3.84. The molecule has 26 heavy (non-hydrogen) atoms. The minimum atomic E-state index is -3.16. The summed E-state index contributed by atoms with van der Waals surface area (Å²) in [5.74, 6) is 0.496. The Bertz CT molecular complexity index is 588. The number of hydrogen-bond acceptors (Lipinski definition) is 6. The third-order valence-corrected chi connectivity index (χ3v) is 6.35. The molecular weight excluding hydrogens is 380 g/mol. The molecule has 2 N–H and O–H groups in total. The number of carbonyl (C=O) groups excluding carboxylic acids is 1. The van der Waals surface area contributed by atoms with Gasteiger partial charge in [0, 0.05) is 13.1 Å². The molecule has 0 saturated carbocycles. The summed E-state index contributed by atoms with van der Waals surface area (Å²) in [6, 6.07) is -1.00. The quantitative estimate of drug-likeness (QED) is 0.586. The zero-order valence-electron chi connectivity index (χ0n) is 15.9. The van der Waals surface area contributed by atoms with E-state index >= 15 is 0 Å². The van der Waals surface area contributed by atoms with Crippen LogP contribution < -0.4 is 5.32 Å². The molecule has 152 valence electrons. The van der Waals surface area contributed by atoms with Crippen LogP contribution in [-0.2, 0) is 19.6 Å². The van der Waals surface area contributed by atoms with Crippen LogP contribution in [-0.4, -0.2) is 72.4 Å². The molecule has 0 aromatic carbocycles. The van der Waals surface area contributed by atoms with Gasteiger partial charge in [-0.3, -0.25) is 0 Å². The topological polar surface area (TPSA) is 113 Å². The Hall–Kier alpha value is -1.00. The van der Waals surface area contributed by atoms with Crippen LogP contribution in [0.2, 0.25) is 0 Å². The average Bonchev–Trinajstić information content (AvgIpc) is 2.47. The maximum absolute atomic E-state index is 11.7. The number of hydrogen-bond donors (Lipinski definition) is 2. The molecule has 1 aliphatic heterocycles. The molecule has 0 radical (unpaired) electrons. The average molecular weight is 411 g/mol. The van der Waals surface area contributed by atoms with Gasteiger partial charge in [0.2, 0.25) is 10.0 Å². The SMILES string of the molecule is CC(C)(C)OC(=O)NC(CCSCC1CCCN(S(C)(=O)=O)C1)C(=O)O. The van der Waals surface area contributed by atoms with Crippen molar-refractivity contribution in [2.24, 2.45) is 5.92 Å². The van der Waals surface area contributed by atoms with E-state index in [4.69, 9.17) is 4.74 Å². The number of piperidine rings is 1. The lowest BCUT2D eigenvalue weighted by Crippen LogP contribution is -2.43. The number of carboxylic acid groups (broad SMARTS) is 1. The van der Waals surface area contributed by atoms with E-state index in [9.17, 15) is 23.1 Å². The van der Waals surface area contributed by atoms with Crippen LogP contribution in [0.25, 0.3) is 0 Å². The van der Waals surface area contributed by atoms with Gasteiger partial charge < -0.3 is 15.2 Å². The van der Waals surface area contributed by atoms with Gasteiger partial charge >= 0.3 is 12.1 Å². The largest absolute Gasteiger partial charge is 0.480 e. The van der Waals surface area contributed by atoms with E-state index in [1.165, 1.54) is 10.6 Å². The van der Waals surface area contributed by atoms with Crippen LogP contribution in [0.3, 0.4) is 0 Å². The van der Waals surface area contributed by atoms with Gasteiger partial charge in [0.25, 0.3) is 0 Å². The molecule has 0 spiro atoms. The van der Waals surface area contributed by atoms with Crippen LogP contribution in [0.15, 0.2) is 0 Å². The lowest BCUT2D eigenvalue weighted by molar-refractivity contribution is -0.139. The predicted molar refractivity (Wildman–Crippen MR) is 102 cm³/mol. The minimum absolute atomic E-state index is 0.269. The molecular formula is C16H30N2O6S2. The summed E-state index contributed by atoms with van der Waals surface area (Å²) in [7, 11) is -3.16. The number of alkyl carbamates (subject to hydrolysis) is 1. The van der Waals surface area contributed by atoms with E-state index in [1.54, 1.807) is 32.5 Å². The molecule has 1 saturated heterocycles. The number of ether oxygens (including phenoxy) is 1. The smallest absolute Gasteiger partial charge is 0.408 e. The molecule has 1 heterocycles. The summed E-state index contributed by atoms with van der Waals surface area (Å²) in [6.45, 7) is 6.22. The predicted octanol–water partition coefficient (Wildman–Crippen LogP) is 1.76. The molecule has 10 heteroatoms. The molecule has 2 atom stereocenters. The van der Waals surface area contributed by atoms with Crippen molar-refractivity contribution in [1.29, 1.82) is 0 Å². The van der Waals surface area contributed by atoms with Gasteiger partial charge in [-0.05, 0) is 57.5 Å². The van der Waals surface area contributed by atoms with Gasteiger partial charge in [0.05, 0.1) is 6.26 Å². The second kappa shape index (κ2) is 9.80. The third kappa shape index (κ3) is 9.09. The van der Waals surface area contributed by atoms with E-state index in [2.05, 4.69) is 5.32 Å². The van der Waals surface area contributed by atoms with Crippen molar-refractivity contribution in [1.82, 2.24) is 9.62 Å². The highest BCUT2D eigenvalue weighted by atomic mass is 32.2. The van der Waals surface area contributed by atoms with Crippen LogP contribution >= 0.6 is 11.8 Å². The highest BCUT2D eigenvalue weighted by Gasteiger charge is 2.26. The fourth-order valence-corrected chi connectivity index (χ4v) is 4.74. The molecule has 0 aromatic heterocycles. The van der Waals surface area contributed by atoms with E-state index in [1.807, 2.05) is 0 Å². The summed E-state index contributed by atoms with van der Waals surface area (Å²) < 4.78 is 29.8. The Morgan fingerprint density at radius 3 is 2.58 bits per heavy atom. The molecule has 1 aliphatic rings. The normalized spacial score (nSPS) is 20.4. The van der Waals surface area contributed by atoms with E-state index in [0.717, 1.165) is 18.6 Å². The number of carbonyl (C=O) groups is 2. The van der Waals surface area contributed by atoms with Gasteiger partial charge in [-0.1, -0.05) is 0 Å². The molecule has 8 nitrogen and oxygen atoms in total. The lowest BCUT2D eigenvalue weighted by atomic mass is 10.0. The highest BCUT2D eigenvalue weighted by Crippen LogP contribution is 2.23. The summed E-state index contributed by atoms with van der Waals surface area (Å²) in [4.78, 5) is 23.0. The van der Waals surface area contributed by atoms with Gasteiger partial charge in [-0.2, -0.15) is 11.8 Å². The van der Waals surface area contributed by atoms with E-state index < -0.39 is 33.7 Å². The van der Waals surface area contributed by atoms with Crippen LogP contribution in [0.1, 0.15) is 40.0 Å². The molecule has 0 bridgehead atoms. The monoisotopic (exact) mass is 410 g/mol. The first-order valence-corrected chi connectivity index (χ1v) is 11.6. The number of aliphatic carboxylic acids is 1. The molecule has 1 fully saturated rings. The Labute approximate surface area is 160 Å². The maximum atomic E-state index is 11.7. The zero-order chi connectivity index (χ0) is 20.0. The second-order valence-electron chi connectivity index (χ2n) is 7.53. The van der Waals surface area contributed by atoms with Crippen molar-refractivity contribution >= 4 is 33.8 Å². The first-order chi connectivity index (χ1) is 11.9. The first kappa shape index (κ1) is 23.0. The van der Waals surface area contributed by atoms with Crippen LogP contribution in [0, 0.1) is 5.92 Å². The fourth-order valence-electron chi connectivity index (χ4n) is 2.62. The van der Waals surface area contributed by atoms with E-state index in [-0.39, 0.29) is 12.3 Å². The minimum Gasteiger partial charge on any atom is -0.480 e. The number of sulfonamides is 1. The number of thioether (sulfide) groups is 1. The van der Waals surface area contributed by atoms with E-state index in [0.29, 0.717) is 18.8 Å².